The highest BCUT2D eigenvalue weighted by Gasteiger charge is 2.34. The topological polar surface area (TPSA) is 84.2 Å². The maximum Gasteiger partial charge on any atom is 0.318 e. The molecule has 0 saturated heterocycles. The van der Waals surface area contributed by atoms with E-state index >= 15 is 0 Å². The number of pyridine rings is 1. The SMILES string of the molecule is Cc1ccc(CN(C(=O)N[C@@H](C)c2nc(-c3ccncc3)no2)C2CC2)s1. The van der Waals surface area contributed by atoms with E-state index in [0.29, 0.717) is 24.3 Å². The van der Waals surface area contributed by atoms with Crippen LogP contribution in [-0.4, -0.2) is 32.1 Å². The van der Waals surface area contributed by atoms with Crippen molar-refractivity contribution in [3.63, 3.8) is 0 Å². The molecule has 3 aromatic rings. The van der Waals surface area contributed by atoms with Crippen LogP contribution in [0.4, 0.5) is 4.79 Å². The minimum atomic E-state index is -0.369. The molecule has 0 aromatic carbocycles. The highest BCUT2D eigenvalue weighted by molar-refractivity contribution is 7.11. The van der Waals surface area contributed by atoms with E-state index in [-0.39, 0.29) is 12.1 Å². The first-order chi connectivity index (χ1) is 13.1. The lowest BCUT2D eigenvalue weighted by Crippen LogP contribution is -2.41. The molecule has 1 atom stereocenters. The van der Waals surface area contributed by atoms with Crippen LogP contribution in [0.1, 0.15) is 41.5 Å². The Morgan fingerprint density at radius 1 is 1.33 bits per heavy atom. The van der Waals surface area contributed by atoms with E-state index in [1.807, 2.05) is 24.0 Å². The molecule has 7 nitrogen and oxygen atoms in total. The van der Waals surface area contributed by atoms with Gasteiger partial charge in [-0.2, -0.15) is 4.98 Å². The molecule has 27 heavy (non-hydrogen) atoms. The zero-order valence-corrected chi connectivity index (χ0v) is 16.1. The van der Waals surface area contributed by atoms with Crippen LogP contribution in [0.5, 0.6) is 0 Å². The van der Waals surface area contributed by atoms with Crippen molar-refractivity contribution in [2.75, 3.05) is 0 Å². The second kappa shape index (κ2) is 7.48. The van der Waals surface area contributed by atoms with Gasteiger partial charge in [0.2, 0.25) is 11.7 Å². The molecule has 1 N–H and O–H groups in total. The van der Waals surface area contributed by atoms with Crippen molar-refractivity contribution in [1.29, 1.82) is 0 Å². The number of urea groups is 1. The summed E-state index contributed by atoms with van der Waals surface area (Å²) in [4.78, 5) is 25.6. The number of carbonyl (C=O) groups excluding carboxylic acids is 1. The monoisotopic (exact) mass is 383 g/mol. The van der Waals surface area contributed by atoms with Crippen LogP contribution in [0.15, 0.2) is 41.2 Å². The van der Waals surface area contributed by atoms with Crippen molar-refractivity contribution >= 4 is 17.4 Å². The smallest absolute Gasteiger partial charge is 0.318 e. The van der Waals surface area contributed by atoms with Crippen LogP contribution in [0.3, 0.4) is 0 Å². The molecule has 140 valence electrons. The Balaban J connectivity index is 1.42. The van der Waals surface area contributed by atoms with Gasteiger partial charge in [0.1, 0.15) is 6.04 Å². The largest absolute Gasteiger partial charge is 0.337 e. The molecule has 1 saturated carbocycles. The molecule has 0 radical (unpaired) electrons. The van der Waals surface area contributed by atoms with Crippen molar-refractivity contribution in [3.05, 3.63) is 52.3 Å². The Hall–Kier alpha value is -2.74. The first kappa shape index (κ1) is 17.7. The molecule has 0 spiro atoms. The van der Waals surface area contributed by atoms with Gasteiger partial charge in [-0.15, -0.1) is 11.3 Å². The van der Waals surface area contributed by atoms with E-state index in [1.165, 1.54) is 9.75 Å². The van der Waals surface area contributed by atoms with Gasteiger partial charge in [-0.1, -0.05) is 5.16 Å². The van der Waals surface area contributed by atoms with Gasteiger partial charge in [-0.3, -0.25) is 4.98 Å². The number of nitrogens with zero attached hydrogens (tertiary/aromatic N) is 4. The minimum absolute atomic E-state index is 0.0975. The average molecular weight is 383 g/mol. The Labute approximate surface area is 161 Å². The standard InChI is InChI=1S/C19H21N5O2S/c1-12-3-6-16(27-12)11-24(15-4-5-15)19(25)21-13(2)18-22-17(23-26-18)14-7-9-20-10-8-14/h3,6-10,13,15H,4-5,11H2,1-2H3,(H,21,25)/t13-/m0/s1. The zero-order chi connectivity index (χ0) is 18.8. The van der Waals surface area contributed by atoms with Crippen LogP contribution in [0, 0.1) is 6.92 Å². The van der Waals surface area contributed by atoms with Crippen LogP contribution >= 0.6 is 11.3 Å². The van der Waals surface area contributed by atoms with Gasteiger partial charge in [-0.05, 0) is 51.0 Å². The molecule has 2 amide bonds. The summed E-state index contributed by atoms with van der Waals surface area (Å²) in [5.41, 5.74) is 0.825. The highest BCUT2D eigenvalue weighted by atomic mass is 32.1. The maximum atomic E-state index is 12.8. The molecule has 1 fully saturated rings. The molecule has 1 aliphatic rings. The lowest BCUT2D eigenvalue weighted by Gasteiger charge is -2.23. The lowest BCUT2D eigenvalue weighted by atomic mass is 10.2. The maximum absolute atomic E-state index is 12.8. The van der Waals surface area contributed by atoms with Crippen LogP contribution in [0.25, 0.3) is 11.4 Å². The number of carbonyl (C=O) groups is 1. The normalized spacial score (nSPS) is 14.7. The fraction of sp³-hybridized carbons (Fsp3) is 0.368. The Morgan fingerprint density at radius 2 is 2.11 bits per heavy atom. The summed E-state index contributed by atoms with van der Waals surface area (Å²) in [6, 6.07) is 7.66. The number of aromatic nitrogens is 3. The second-order valence-corrected chi connectivity index (χ2v) is 8.11. The number of aryl methyl sites for hydroxylation is 1. The number of amides is 2. The molecular formula is C19H21N5O2S. The number of nitrogens with one attached hydrogen (secondary N) is 1. The summed E-state index contributed by atoms with van der Waals surface area (Å²) >= 11 is 1.73. The summed E-state index contributed by atoms with van der Waals surface area (Å²) in [5, 5.41) is 6.99. The van der Waals surface area contributed by atoms with Crippen LogP contribution in [-0.2, 0) is 6.54 Å². The minimum Gasteiger partial charge on any atom is -0.337 e. The highest BCUT2D eigenvalue weighted by Crippen LogP contribution is 2.30. The first-order valence-corrected chi connectivity index (χ1v) is 9.78. The summed E-state index contributed by atoms with van der Waals surface area (Å²) < 4.78 is 5.35. The second-order valence-electron chi connectivity index (χ2n) is 6.73. The molecule has 0 unspecified atom stereocenters. The van der Waals surface area contributed by atoms with Gasteiger partial charge in [0.05, 0.1) is 6.54 Å². The van der Waals surface area contributed by atoms with Gasteiger partial charge < -0.3 is 14.7 Å². The molecule has 0 bridgehead atoms. The molecule has 3 heterocycles. The van der Waals surface area contributed by atoms with E-state index < -0.39 is 0 Å². The Bertz CT molecular complexity index is 919. The van der Waals surface area contributed by atoms with E-state index in [4.69, 9.17) is 4.52 Å². The van der Waals surface area contributed by atoms with Crippen molar-refractivity contribution in [3.8, 4) is 11.4 Å². The lowest BCUT2D eigenvalue weighted by molar-refractivity contribution is 0.186. The Morgan fingerprint density at radius 3 is 2.78 bits per heavy atom. The summed E-state index contributed by atoms with van der Waals surface area (Å²) in [6.45, 7) is 4.56. The van der Waals surface area contributed by atoms with Crippen molar-refractivity contribution in [2.45, 2.75) is 45.3 Å². The van der Waals surface area contributed by atoms with Gasteiger partial charge in [-0.25, -0.2) is 4.79 Å². The zero-order valence-electron chi connectivity index (χ0n) is 15.3. The van der Waals surface area contributed by atoms with Crippen molar-refractivity contribution in [2.24, 2.45) is 0 Å². The van der Waals surface area contributed by atoms with Crippen LogP contribution < -0.4 is 5.32 Å². The van der Waals surface area contributed by atoms with E-state index in [2.05, 4.69) is 39.5 Å². The fourth-order valence-corrected chi connectivity index (χ4v) is 3.74. The summed E-state index contributed by atoms with van der Waals surface area (Å²) in [7, 11) is 0. The average Bonchev–Trinajstić information content (AvgIpc) is 3.23. The summed E-state index contributed by atoms with van der Waals surface area (Å²) in [6.07, 6.45) is 5.46. The fourth-order valence-electron chi connectivity index (χ4n) is 2.85. The molecule has 4 rings (SSSR count). The number of rotatable bonds is 6. The third kappa shape index (κ3) is 4.16. The molecule has 0 aliphatic heterocycles. The van der Waals surface area contributed by atoms with E-state index in [0.717, 1.165) is 18.4 Å². The summed E-state index contributed by atoms with van der Waals surface area (Å²) in [5.74, 6) is 0.875. The van der Waals surface area contributed by atoms with Gasteiger partial charge in [0.15, 0.2) is 0 Å². The predicted octanol–water partition coefficient (Wildman–Crippen LogP) is 3.94. The van der Waals surface area contributed by atoms with Gasteiger partial charge in [0, 0.05) is 33.8 Å². The number of hydrogen-bond acceptors (Lipinski definition) is 6. The van der Waals surface area contributed by atoms with Gasteiger partial charge >= 0.3 is 6.03 Å². The Kier molecular flexibility index (Phi) is 4.89. The quantitative estimate of drug-likeness (QED) is 0.697. The van der Waals surface area contributed by atoms with Crippen LogP contribution in [0.2, 0.25) is 0 Å². The van der Waals surface area contributed by atoms with E-state index in [1.54, 1.807) is 23.7 Å². The van der Waals surface area contributed by atoms with E-state index in [9.17, 15) is 4.79 Å². The van der Waals surface area contributed by atoms with Crippen molar-refractivity contribution < 1.29 is 9.32 Å². The number of hydrogen-bond donors (Lipinski definition) is 1. The van der Waals surface area contributed by atoms with Gasteiger partial charge in [0.25, 0.3) is 0 Å². The molecule has 1 aliphatic carbocycles. The third-order valence-electron chi connectivity index (χ3n) is 4.46. The third-order valence-corrected chi connectivity index (χ3v) is 5.45. The molecule has 8 heteroatoms. The number of thiophene rings is 1. The first-order valence-electron chi connectivity index (χ1n) is 8.96. The van der Waals surface area contributed by atoms with Crippen molar-refractivity contribution in [1.82, 2.24) is 25.3 Å². The predicted molar refractivity (Wildman–Crippen MR) is 102 cm³/mol. The molecule has 3 aromatic heterocycles. The molecular weight excluding hydrogens is 362 g/mol.